The van der Waals surface area contributed by atoms with Crippen LogP contribution >= 0.6 is 0 Å². The molecule has 3 N–H and O–H groups in total. The average molecular weight is 350 g/mol. The molecule has 0 amide bonds. The van der Waals surface area contributed by atoms with E-state index in [1.165, 1.54) is 0 Å². The molecule has 6 heteroatoms. The van der Waals surface area contributed by atoms with E-state index in [0.717, 1.165) is 11.1 Å². The van der Waals surface area contributed by atoms with Crippen molar-refractivity contribution in [2.24, 2.45) is 0 Å². The van der Waals surface area contributed by atoms with Gasteiger partial charge in [0.2, 0.25) is 11.8 Å². The molecule has 0 aliphatic heterocycles. The van der Waals surface area contributed by atoms with Crippen molar-refractivity contribution in [2.45, 2.75) is 19.3 Å². The van der Waals surface area contributed by atoms with Crippen LogP contribution in [0.4, 0.5) is 0 Å². The van der Waals surface area contributed by atoms with Gasteiger partial charge < -0.3 is 27.6 Å². The van der Waals surface area contributed by atoms with Gasteiger partial charge in [-0.05, 0) is 11.1 Å². The molecule has 0 radical (unpaired) electrons. The van der Waals surface area contributed by atoms with Gasteiger partial charge in [-0.1, -0.05) is 60.7 Å². The van der Waals surface area contributed by atoms with Crippen LogP contribution in [0.15, 0.2) is 60.7 Å². The summed E-state index contributed by atoms with van der Waals surface area (Å²) in [5, 5.41) is 0. The fraction of sp³-hybridized carbons (Fsp3) is 0.222. The molecule has 0 aromatic heterocycles. The lowest BCUT2D eigenvalue weighted by Crippen LogP contribution is -3.00. The Morgan fingerprint density at radius 1 is 0.875 bits per heavy atom. The maximum absolute atomic E-state index is 11.9. The molecule has 0 aliphatic rings. The number of halogens is 1. The molecule has 0 bridgehead atoms. The van der Waals surface area contributed by atoms with Crippen LogP contribution in [-0.4, -0.2) is 24.4 Å². The summed E-state index contributed by atoms with van der Waals surface area (Å²) in [6, 6.07) is 17.7. The molecule has 128 valence electrons. The first-order valence-corrected chi connectivity index (χ1v) is 7.35. The molecule has 1 unspecified atom stereocenters. The highest BCUT2D eigenvalue weighted by atomic mass is 35.5. The van der Waals surface area contributed by atoms with Gasteiger partial charge in [0.1, 0.15) is 13.2 Å². The monoisotopic (exact) mass is 349 g/mol. The van der Waals surface area contributed by atoms with Crippen LogP contribution in [0.25, 0.3) is 0 Å². The van der Waals surface area contributed by atoms with Crippen LogP contribution in [0.2, 0.25) is 0 Å². The summed E-state index contributed by atoms with van der Waals surface area (Å²) in [5.74, 6) is -1.03. The third kappa shape index (κ3) is 6.50. The number of hydrogen-bond acceptors (Lipinski definition) is 4. The number of ketones is 1. The molecular weight excluding hydrogens is 330 g/mol. The van der Waals surface area contributed by atoms with Gasteiger partial charge in [0.25, 0.3) is 0 Å². The molecule has 0 saturated heterocycles. The van der Waals surface area contributed by atoms with E-state index in [1.54, 1.807) is 0 Å². The van der Waals surface area contributed by atoms with Gasteiger partial charge in [0.05, 0.1) is 6.61 Å². The predicted molar refractivity (Wildman–Crippen MR) is 84.0 cm³/mol. The van der Waals surface area contributed by atoms with E-state index in [9.17, 15) is 9.59 Å². The first-order valence-electron chi connectivity index (χ1n) is 7.35. The molecule has 0 aliphatic carbocycles. The number of ether oxygens (including phenoxy) is 2. The minimum atomic E-state index is -1.07. The first-order chi connectivity index (χ1) is 11.2. The molecule has 0 fully saturated rings. The number of Topliss-reactive ketones (excluding diaryl/α,β-unsaturated/α-hetero) is 1. The number of esters is 1. The predicted octanol–water partition coefficient (Wildman–Crippen LogP) is -1.87. The largest absolute Gasteiger partial charge is 1.00 e. The number of benzene rings is 2. The first kappa shape index (κ1) is 19.8. The van der Waals surface area contributed by atoms with Gasteiger partial charge in [-0.25, -0.2) is 4.79 Å². The lowest BCUT2D eigenvalue weighted by atomic mass is 10.2. The van der Waals surface area contributed by atoms with Gasteiger partial charge >= 0.3 is 5.97 Å². The van der Waals surface area contributed by atoms with E-state index >= 15 is 0 Å². The fourth-order valence-corrected chi connectivity index (χ4v) is 1.91. The second-order valence-electron chi connectivity index (χ2n) is 5.09. The molecule has 2 aromatic rings. The summed E-state index contributed by atoms with van der Waals surface area (Å²) >= 11 is 0. The third-order valence-corrected chi connectivity index (χ3v) is 3.25. The van der Waals surface area contributed by atoms with Crippen molar-refractivity contribution < 1.29 is 37.2 Å². The van der Waals surface area contributed by atoms with E-state index in [1.807, 2.05) is 60.7 Å². The van der Waals surface area contributed by atoms with Crippen molar-refractivity contribution in [1.29, 1.82) is 0 Å². The van der Waals surface area contributed by atoms with Gasteiger partial charge in [0.15, 0.2) is 0 Å². The minimum Gasteiger partial charge on any atom is -1.00 e. The van der Waals surface area contributed by atoms with Crippen molar-refractivity contribution >= 4 is 11.8 Å². The molecule has 0 saturated carbocycles. The molecule has 0 spiro atoms. The van der Waals surface area contributed by atoms with Crippen LogP contribution < -0.4 is 18.1 Å². The molecule has 24 heavy (non-hydrogen) atoms. The molecule has 1 atom stereocenters. The molecule has 2 aromatic carbocycles. The maximum atomic E-state index is 11.9. The Morgan fingerprint density at radius 2 is 1.38 bits per heavy atom. The smallest absolute Gasteiger partial charge is 0.373 e. The highest BCUT2D eigenvalue weighted by Gasteiger charge is 2.27. The summed E-state index contributed by atoms with van der Waals surface area (Å²) in [7, 11) is 0. The zero-order valence-corrected chi connectivity index (χ0v) is 13.9. The van der Waals surface area contributed by atoms with Crippen LogP contribution in [0.5, 0.6) is 0 Å². The van der Waals surface area contributed by atoms with Crippen molar-refractivity contribution in [3.63, 3.8) is 0 Å². The second kappa shape index (κ2) is 10.5. The van der Waals surface area contributed by atoms with Crippen LogP contribution in [0.3, 0.4) is 0 Å². The molecule has 5 nitrogen and oxygen atoms in total. The Morgan fingerprint density at radius 3 is 1.92 bits per heavy atom. The highest BCUT2D eigenvalue weighted by molar-refractivity contribution is 6.01. The SMILES string of the molecule is [Cl-].[NH3+]C(C(=O)COCc1ccccc1)C(=O)OCc1ccccc1. The zero-order valence-electron chi connectivity index (χ0n) is 13.2. The van der Waals surface area contributed by atoms with Crippen molar-refractivity contribution in [1.82, 2.24) is 0 Å². The standard InChI is InChI=1S/C18H19NO4.ClH/c19-17(18(21)23-12-15-9-5-2-6-10-15)16(20)13-22-11-14-7-3-1-4-8-14;/h1-10,17H,11-13,19H2;1H. The van der Waals surface area contributed by atoms with Crippen LogP contribution in [-0.2, 0) is 32.3 Å². The van der Waals surface area contributed by atoms with Crippen LogP contribution in [0.1, 0.15) is 11.1 Å². The lowest BCUT2D eigenvalue weighted by molar-refractivity contribution is -0.393. The minimum absolute atomic E-state index is 0. The summed E-state index contributed by atoms with van der Waals surface area (Å²) in [6.45, 7) is 0.283. The molecule has 2 rings (SSSR count). The van der Waals surface area contributed by atoms with Crippen molar-refractivity contribution in [3.8, 4) is 0 Å². The molecular formula is C18H20ClNO4. The number of carbonyl (C=O) groups is 2. The summed E-state index contributed by atoms with van der Waals surface area (Å²) in [5.41, 5.74) is 5.40. The highest BCUT2D eigenvalue weighted by Crippen LogP contribution is 2.03. The maximum Gasteiger partial charge on any atom is 0.373 e. The van der Waals surface area contributed by atoms with Gasteiger partial charge in [-0.2, -0.15) is 0 Å². The Labute approximate surface area is 147 Å². The van der Waals surface area contributed by atoms with E-state index in [0.29, 0.717) is 6.61 Å². The van der Waals surface area contributed by atoms with Crippen molar-refractivity contribution in [2.75, 3.05) is 6.61 Å². The number of rotatable bonds is 8. The molecule has 0 heterocycles. The zero-order chi connectivity index (χ0) is 16.5. The number of quaternary nitrogens is 1. The Kier molecular flexibility index (Phi) is 8.71. The van der Waals surface area contributed by atoms with E-state index in [2.05, 4.69) is 5.73 Å². The fourth-order valence-electron chi connectivity index (χ4n) is 1.91. The Bertz CT molecular complexity index is 634. The number of hydrogen-bond donors (Lipinski definition) is 1. The summed E-state index contributed by atoms with van der Waals surface area (Å²) < 4.78 is 10.4. The Hall–Kier alpha value is -2.21. The topological polar surface area (TPSA) is 80.2 Å². The van der Waals surface area contributed by atoms with Crippen molar-refractivity contribution in [3.05, 3.63) is 71.8 Å². The quantitative estimate of drug-likeness (QED) is 0.447. The van der Waals surface area contributed by atoms with Gasteiger partial charge in [-0.15, -0.1) is 0 Å². The Balaban J connectivity index is 0.00000288. The summed E-state index contributed by atoms with van der Waals surface area (Å²) in [4.78, 5) is 23.7. The van der Waals surface area contributed by atoms with Crippen LogP contribution in [0, 0.1) is 0 Å². The summed E-state index contributed by atoms with van der Waals surface area (Å²) in [6.07, 6.45) is 0. The lowest BCUT2D eigenvalue weighted by Gasteiger charge is -2.09. The van der Waals surface area contributed by atoms with Gasteiger partial charge in [-0.3, -0.25) is 4.79 Å². The second-order valence-corrected chi connectivity index (χ2v) is 5.09. The average Bonchev–Trinajstić information content (AvgIpc) is 2.60. The van der Waals surface area contributed by atoms with Gasteiger partial charge in [0, 0.05) is 0 Å². The van der Waals surface area contributed by atoms with E-state index in [4.69, 9.17) is 9.47 Å². The number of carbonyl (C=O) groups excluding carboxylic acids is 2. The van der Waals surface area contributed by atoms with E-state index < -0.39 is 12.0 Å². The van der Waals surface area contributed by atoms with E-state index in [-0.39, 0.29) is 31.4 Å². The third-order valence-electron chi connectivity index (χ3n) is 3.25. The normalized spacial score (nSPS) is 11.2.